The van der Waals surface area contributed by atoms with Crippen molar-refractivity contribution < 1.29 is 4.79 Å². The number of nitrogens with one attached hydrogen (secondary N) is 1. The molecule has 0 spiro atoms. The van der Waals surface area contributed by atoms with Crippen molar-refractivity contribution >= 4 is 17.6 Å². The Morgan fingerprint density at radius 3 is 2.37 bits per heavy atom. The van der Waals surface area contributed by atoms with E-state index >= 15 is 0 Å². The molecule has 0 saturated carbocycles. The molecule has 0 saturated heterocycles. The van der Waals surface area contributed by atoms with Crippen LogP contribution < -0.4 is 5.32 Å². The summed E-state index contributed by atoms with van der Waals surface area (Å²) in [7, 11) is 0. The summed E-state index contributed by atoms with van der Waals surface area (Å²) in [6, 6.07) is 13.7. The number of carbonyl (C=O) groups is 1. The van der Waals surface area contributed by atoms with Crippen molar-refractivity contribution in [3.8, 4) is 11.8 Å². The molecule has 0 bridgehead atoms. The van der Waals surface area contributed by atoms with Gasteiger partial charge in [-0.2, -0.15) is 0 Å². The van der Waals surface area contributed by atoms with Crippen molar-refractivity contribution in [2.45, 2.75) is 40.2 Å². The summed E-state index contributed by atoms with van der Waals surface area (Å²) in [6.45, 7) is 14.5. The molecule has 0 radical (unpaired) electrons. The topological polar surface area (TPSA) is 29.1 Å². The van der Waals surface area contributed by atoms with Gasteiger partial charge >= 0.3 is 0 Å². The minimum absolute atomic E-state index is 0.0711. The van der Waals surface area contributed by atoms with E-state index in [4.69, 9.17) is 0 Å². The van der Waals surface area contributed by atoms with Gasteiger partial charge in [0.05, 0.1) is 0 Å². The quantitative estimate of drug-likeness (QED) is 0.568. The van der Waals surface area contributed by atoms with Crippen LogP contribution in [0.2, 0.25) is 0 Å². The Morgan fingerprint density at radius 1 is 1.11 bits per heavy atom. The Kier molecular flexibility index (Phi) is 6.42. The molecule has 0 aliphatic rings. The number of benzene rings is 2. The molecule has 0 unspecified atom stereocenters. The van der Waals surface area contributed by atoms with Crippen LogP contribution >= 0.6 is 0 Å². The van der Waals surface area contributed by atoms with E-state index in [9.17, 15) is 4.79 Å². The van der Waals surface area contributed by atoms with Gasteiger partial charge in [-0.05, 0) is 51.8 Å². The molecule has 0 amide bonds. The second-order valence-electron chi connectivity index (χ2n) is 7.54. The van der Waals surface area contributed by atoms with E-state index in [1.54, 1.807) is 0 Å². The second kappa shape index (κ2) is 8.56. The number of hydrogen-bond acceptors (Lipinski definition) is 2. The summed E-state index contributed by atoms with van der Waals surface area (Å²) in [5.74, 6) is 6.50. The lowest BCUT2D eigenvalue weighted by atomic mass is 9.96. The number of rotatable bonds is 4. The third kappa shape index (κ3) is 5.46. The van der Waals surface area contributed by atoms with Crippen LogP contribution in [0.1, 0.15) is 60.3 Å². The molecule has 0 fully saturated rings. The van der Waals surface area contributed by atoms with Crippen LogP contribution in [0, 0.1) is 18.8 Å². The lowest BCUT2D eigenvalue weighted by Gasteiger charge is -2.25. The minimum atomic E-state index is -0.0711. The first-order valence-electron chi connectivity index (χ1n) is 9.06. The van der Waals surface area contributed by atoms with Gasteiger partial charge in [0, 0.05) is 33.5 Å². The molecule has 2 heteroatoms. The summed E-state index contributed by atoms with van der Waals surface area (Å²) < 4.78 is 0. The molecule has 0 atom stereocenters. The zero-order valence-corrected chi connectivity index (χ0v) is 16.8. The van der Waals surface area contributed by atoms with Crippen LogP contribution in [0.3, 0.4) is 0 Å². The third-order valence-electron chi connectivity index (χ3n) is 4.09. The van der Waals surface area contributed by atoms with E-state index in [1.807, 2.05) is 50.3 Å². The average Bonchev–Trinajstić information content (AvgIpc) is 2.62. The van der Waals surface area contributed by atoms with Crippen molar-refractivity contribution in [3.05, 3.63) is 82.9 Å². The second-order valence-corrected chi connectivity index (χ2v) is 7.54. The lowest BCUT2D eigenvalue weighted by molar-refractivity contribution is 0.112. The van der Waals surface area contributed by atoms with E-state index in [0.717, 1.165) is 39.8 Å². The van der Waals surface area contributed by atoms with Gasteiger partial charge in [-0.15, -0.1) is 0 Å². The normalized spacial score (nSPS) is 11.4. The van der Waals surface area contributed by atoms with E-state index in [0.29, 0.717) is 5.56 Å². The fraction of sp³-hybridized carbons (Fsp3) is 0.240. The number of carbonyl (C=O) groups excluding carboxylic acids is 1. The molecule has 27 heavy (non-hydrogen) atoms. The zero-order chi connectivity index (χ0) is 20.0. The first-order valence-corrected chi connectivity index (χ1v) is 9.06. The molecule has 138 valence electrons. The van der Waals surface area contributed by atoms with Gasteiger partial charge in [0.25, 0.3) is 0 Å². The predicted molar refractivity (Wildman–Crippen MR) is 115 cm³/mol. The number of hydrogen-bond donors (Lipinski definition) is 1. The maximum atomic E-state index is 11.0. The van der Waals surface area contributed by atoms with E-state index < -0.39 is 0 Å². The monoisotopic (exact) mass is 357 g/mol. The van der Waals surface area contributed by atoms with E-state index in [2.05, 4.69) is 56.6 Å². The van der Waals surface area contributed by atoms with Gasteiger partial charge < -0.3 is 5.32 Å². The molecule has 0 aliphatic carbocycles. The molecule has 2 rings (SSSR count). The number of aryl methyl sites for hydroxylation is 1. The highest BCUT2D eigenvalue weighted by atomic mass is 16.1. The predicted octanol–water partition coefficient (Wildman–Crippen LogP) is 5.62. The largest absolute Gasteiger partial charge is 0.380 e. The number of aldehydes is 1. The van der Waals surface area contributed by atoms with Crippen molar-refractivity contribution in [2.75, 3.05) is 0 Å². The van der Waals surface area contributed by atoms with Crippen LogP contribution in [0.5, 0.6) is 0 Å². The molecule has 0 aromatic heterocycles. The van der Waals surface area contributed by atoms with Gasteiger partial charge in [-0.25, -0.2) is 0 Å². The summed E-state index contributed by atoms with van der Waals surface area (Å²) in [5.41, 5.74) is 6.36. The lowest BCUT2D eigenvalue weighted by Crippen LogP contribution is -2.34. The molecular formula is C25H27NO. The maximum absolute atomic E-state index is 11.0. The molecular weight excluding hydrogens is 330 g/mol. The average molecular weight is 357 g/mol. The Labute approximate surface area is 163 Å². The van der Waals surface area contributed by atoms with E-state index in [1.165, 1.54) is 0 Å². The highest BCUT2D eigenvalue weighted by molar-refractivity contribution is 5.86. The van der Waals surface area contributed by atoms with Gasteiger partial charge in [0.15, 0.2) is 0 Å². The van der Waals surface area contributed by atoms with Crippen LogP contribution in [0.4, 0.5) is 0 Å². The van der Waals surface area contributed by atoms with Gasteiger partial charge in [-0.1, -0.05) is 60.9 Å². The molecule has 2 aromatic carbocycles. The molecule has 2 aromatic rings. The molecule has 0 aliphatic heterocycles. The van der Waals surface area contributed by atoms with Crippen LogP contribution in [0.15, 0.2) is 55.1 Å². The zero-order valence-electron chi connectivity index (χ0n) is 16.8. The van der Waals surface area contributed by atoms with Gasteiger partial charge in [0.1, 0.15) is 6.29 Å². The van der Waals surface area contributed by atoms with Crippen LogP contribution in [-0.2, 0) is 0 Å². The standard InChI is InChI=1S/C25H27NO/c1-7-21(14-15-22-16-20(17-27)13-12-18(22)2)24-11-9-8-10-23(24)19(3)26-25(4,5)6/h7-13,16-17,26H,3H2,1-2,4-6H3/b21-7-. The minimum Gasteiger partial charge on any atom is -0.380 e. The molecule has 1 N–H and O–H groups in total. The Hall–Kier alpha value is -3.05. The van der Waals surface area contributed by atoms with Gasteiger partial charge in [0.2, 0.25) is 0 Å². The first kappa shape index (κ1) is 20.3. The van der Waals surface area contributed by atoms with E-state index in [-0.39, 0.29) is 5.54 Å². The smallest absolute Gasteiger partial charge is 0.150 e. The fourth-order valence-corrected chi connectivity index (χ4v) is 2.78. The fourth-order valence-electron chi connectivity index (χ4n) is 2.78. The summed E-state index contributed by atoms with van der Waals surface area (Å²) >= 11 is 0. The molecule has 2 nitrogen and oxygen atoms in total. The Bertz CT molecular complexity index is 946. The molecule has 0 heterocycles. The summed E-state index contributed by atoms with van der Waals surface area (Å²) in [6.07, 6.45) is 2.85. The SMILES string of the molecule is C=C(NC(C)(C)C)c1ccccc1/C(C#Cc1cc(C=O)ccc1C)=C\C. The highest BCUT2D eigenvalue weighted by Crippen LogP contribution is 2.25. The Balaban J connectivity index is 2.44. The van der Waals surface area contributed by atoms with Crippen molar-refractivity contribution in [1.82, 2.24) is 5.32 Å². The van der Waals surface area contributed by atoms with Crippen molar-refractivity contribution in [2.24, 2.45) is 0 Å². The van der Waals surface area contributed by atoms with Crippen LogP contribution in [0.25, 0.3) is 11.3 Å². The van der Waals surface area contributed by atoms with Crippen LogP contribution in [-0.4, -0.2) is 11.8 Å². The first-order chi connectivity index (χ1) is 12.7. The van der Waals surface area contributed by atoms with Gasteiger partial charge in [-0.3, -0.25) is 4.79 Å². The summed E-state index contributed by atoms with van der Waals surface area (Å²) in [5, 5.41) is 3.44. The highest BCUT2D eigenvalue weighted by Gasteiger charge is 2.14. The van der Waals surface area contributed by atoms with Crippen molar-refractivity contribution in [3.63, 3.8) is 0 Å². The van der Waals surface area contributed by atoms with Crippen molar-refractivity contribution in [1.29, 1.82) is 0 Å². The number of allylic oxidation sites excluding steroid dienone is 2. The third-order valence-corrected chi connectivity index (χ3v) is 4.09. The maximum Gasteiger partial charge on any atom is 0.150 e. The Morgan fingerprint density at radius 2 is 1.78 bits per heavy atom. The summed E-state index contributed by atoms with van der Waals surface area (Å²) in [4.78, 5) is 11.0.